The van der Waals surface area contributed by atoms with Gasteiger partial charge in [0.05, 0.1) is 5.56 Å². The van der Waals surface area contributed by atoms with Gasteiger partial charge in [0.15, 0.2) is 6.29 Å². The Morgan fingerprint density at radius 2 is 2.10 bits per heavy atom. The van der Waals surface area contributed by atoms with Crippen molar-refractivity contribution in [2.24, 2.45) is 0 Å². The summed E-state index contributed by atoms with van der Waals surface area (Å²) in [4.78, 5) is 23.0. The van der Waals surface area contributed by atoms with Crippen molar-refractivity contribution in [3.8, 4) is 11.3 Å². The third-order valence-corrected chi connectivity index (χ3v) is 3.06. The first-order chi connectivity index (χ1) is 10.2. The van der Waals surface area contributed by atoms with E-state index in [4.69, 9.17) is 5.73 Å². The molecule has 3 N–H and O–H groups in total. The van der Waals surface area contributed by atoms with E-state index in [0.717, 1.165) is 12.0 Å². The van der Waals surface area contributed by atoms with Crippen molar-refractivity contribution in [3.63, 3.8) is 0 Å². The molecule has 0 fully saturated rings. The minimum atomic E-state index is -0.178. The van der Waals surface area contributed by atoms with Gasteiger partial charge < -0.3 is 11.1 Å². The highest BCUT2D eigenvalue weighted by molar-refractivity contribution is 5.92. The third-order valence-electron chi connectivity index (χ3n) is 3.06. The first-order valence-corrected chi connectivity index (χ1v) is 6.81. The van der Waals surface area contributed by atoms with Gasteiger partial charge in [-0.2, -0.15) is 5.10 Å². The van der Waals surface area contributed by atoms with Crippen molar-refractivity contribution in [2.45, 2.75) is 19.9 Å². The Morgan fingerprint density at radius 3 is 2.71 bits per heavy atom. The van der Waals surface area contributed by atoms with Crippen molar-refractivity contribution >= 4 is 18.0 Å². The summed E-state index contributed by atoms with van der Waals surface area (Å²) >= 11 is 0. The van der Waals surface area contributed by atoms with E-state index in [0.29, 0.717) is 24.1 Å². The van der Waals surface area contributed by atoms with E-state index >= 15 is 0 Å². The van der Waals surface area contributed by atoms with Gasteiger partial charge in [-0.15, -0.1) is 0 Å². The molecule has 0 radical (unpaired) electrons. The number of aldehydes is 1. The lowest BCUT2D eigenvalue weighted by atomic mass is 10.1. The molecule has 0 atom stereocenters. The molecule has 0 spiro atoms. The zero-order valence-corrected chi connectivity index (χ0v) is 11.9. The number of nitrogens with one attached hydrogen (secondary N) is 1. The molecule has 1 amide bonds. The highest BCUT2D eigenvalue weighted by Crippen LogP contribution is 2.25. The van der Waals surface area contributed by atoms with Crippen LogP contribution in [0.3, 0.4) is 0 Å². The number of nitrogens with two attached hydrogens (primary N) is 1. The zero-order valence-electron chi connectivity index (χ0n) is 11.9. The second-order valence-electron chi connectivity index (χ2n) is 4.64. The number of benzene rings is 1. The number of hydrogen-bond acceptors (Lipinski definition) is 4. The van der Waals surface area contributed by atoms with Crippen LogP contribution in [-0.2, 0) is 11.3 Å². The van der Waals surface area contributed by atoms with Gasteiger partial charge >= 0.3 is 0 Å². The number of amides is 1. The highest BCUT2D eigenvalue weighted by atomic mass is 16.2. The fourth-order valence-electron chi connectivity index (χ4n) is 1.99. The summed E-state index contributed by atoms with van der Waals surface area (Å²) < 4.78 is 1.36. The Labute approximate surface area is 122 Å². The molecule has 21 heavy (non-hydrogen) atoms. The van der Waals surface area contributed by atoms with Gasteiger partial charge in [0.25, 0.3) is 0 Å². The molecule has 110 valence electrons. The van der Waals surface area contributed by atoms with E-state index in [-0.39, 0.29) is 18.3 Å². The number of carbonyl (C=O) groups excluding carboxylic acids is 2. The lowest BCUT2D eigenvalue weighted by molar-refractivity contribution is -0.121. The van der Waals surface area contributed by atoms with E-state index in [1.54, 1.807) is 0 Å². The Bertz CT molecular complexity index is 635. The molecule has 2 aromatic rings. The largest absolute Gasteiger partial charge is 0.383 e. The number of carbonyl (C=O) groups is 2. The Hall–Kier alpha value is -2.63. The summed E-state index contributed by atoms with van der Waals surface area (Å²) in [6.07, 6.45) is 1.53. The number of anilines is 1. The van der Waals surface area contributed by atoms with Crippen LogP contribution in [0.2, 0.25) is 0 Å². The van der Waals surface area contributed by atoms with Gasteiger partial charge in [0.2, 0.25) is 5.91 Å². The number of nitrogens with zero attached hydrogens (tertiary/aromatic N) is 2. The van der Waals surface area contributed by atoms with Crippen molar-refractivity contribution in [1.82, 2.24) is 15.1 Å². The second-order valence-corrected chi connectivity index (χ2v) is 4.64. The fourth-order valence-corrected chi connectivity index (χ4v) is 1.99. The molecule has 6 heteroatoms. The standard InChI is InChI=1S/C15H18N4O2/c1-2-8-17-13(21)9-19-15(16)12(10-20)14(18-19)11-6-4-3-5-7-11/h3-7,10H,2,8-9,16H2,1H3,(H,17,21). The highest BCUT2D eigenvalue weighted by Gasteiger charge is 2.17. The maximum Gasteiger partial charge on any atom is 0.241 e. The number of rotatable bonds is 6. The molecule has 0 aliphatic heterocycles. The predicted octanol–water partition coefficient (Wildman–Crippen LogP) is 1.47. The topological polar surface area (TPSA) is 90.0 Å². The van der Waals surface area contributed by atoms with Crippen molar-refractivity contribution in [1.29, 1.82) is 0 Å². The molecule has 0 saturated carbocycles. The summed E-state index contributed by atoms with van der Waals surface area (Å²) in [5, 5.41) is 7.05. The lowest BCUT2D eigenvalue weighted by Crippen LogP contribution is -2.29. The zero-order chi connectivity index (χ0) is 15.2. The maximum absolute atomic E-state index is 11.8. The summed E-state index contributed by atoms with van der Waals surface area (Å²) in [6, 6.07) is 9.27. The van der Waals surface area contributed by atoms with Gasteiger partial charge in [-0.05, 0) is 6.42 Å². The molecule has 0 bridgehead atoms. The van der Waals surface area contributed by atoms with E-state index < -0.39 is 0 Å². The SMILES string of the molecule is CCCNC(=O)Cn1nc(-c2ccccc2)c(C=O)c1N. The van der Waals surface area contributed by atoms with E-state index in [1.165, 1.54) is 4.68 Å². The smallest absolute Gasteiger partial charge is 0.241 e. The summed E-state index contributed by atoms with van der Waals surface area (Å²) in [5.41, 5.74) is 7.51. The molecule has 0 aliphatic rings. The van der Waals surface area contributed by atoms with Crippen LogP contribution in [-0.4, -0.2) is 28.5 Å². The molecule has 6 nitrogen and oxygen atoms in total. The van der Waals surface area contributed by atoms with Crippen LogP contribution >= 0.6 is 0 Å². The van der Waals surface area contributed by atoms with Gasteiger partial charge in [0, 0.05) is 12.1 Å². The van der Waals surface area contributed by atoms with Crippen LogP contribution in [0.25, 0.3) is 11.3 Å². The average molecular weight is 286 g/mol. The summed E-state index contributed by atoms with van der Waals surface area (Å²) in [5.74, 6) is 0.0265. The molecule has 0 unspecified atom stereocenters. The van der Waals surface area contributed by atoms with Gasteiger partial charge in [-0.1, -0.05) is 37.3 Å². The summed E-state index contributed by atoms with van der Waals surface area (Å²) in [7, 11) is 0. The molecule has 2 rings (SSSR count). The Kier molecular flexibility index (Phi) is 4.71. The molecular weight excluding hydrogens is 268 g/mol. The van der Waals surface area contributed by atoms with Crippen LogP contribution < -0.4 is 11.1 Å². The number of aromatic nitrogens is 2. The Balaban J connectivity index is 2.30. The fraction of sp³-hybridized carbons (Fsp3) is 0.267. The van der Waals surface area contributed by atoms with E-state index in [2.05, 4.69) is 10.4 Å². The van der Waals surface area contributed by atoms with Crippen LogP contribution in [0.15, 0.2) is 30.3 Å². The molecule has 1 aromatic carbocycles. The normalized spacial score (nSPS) is 10.3. The van der Waals surface area contributed by atoms with Gasteiger partial charge in [-0.3, -0.25) is 9.59 Å². The van der Waals surface area contributed by atoms with E-state index in [1.807, 2.05) is 37.3 Å². The third kappa shape index (κ3) is 3.28. The van der Waals surface area contributed by atoms with Gasteiger partial charge in [-0.25, -0.2) is 4.68 Å². The minimum absolute atomic E-state index is 0.000489. The predicted molar refractivity (Wildman–Crippen MR) is 80.8 cm³/mol. The molecule has 0 aliphatic carbocycles. The van der Waals surface area contributed by atoms with Crippen molar-refractivity contribution in [3.05, 3.63) is 35.9 Å². The van der Waals surface area contributed by atoms with Crippen molar-refractivity contribution < 1.29 is 9.59 Å². The average Bonchev–Trinajstić information content (AvgIpc) is 2.82. The Morgan fingerprint density at radius 1 is 1.38 bits per heavy atom. The van der Waals surface area contributed by atoms with Crippen LogP contribution in [0.1, 0.15) is 23.7 Å². The number of nitrogen functional groups attached to an aromatic ring is 1. The van der Waals surface area contributed by atoms with E-state index in [9.17, 15) is 9.59 Å². The molecule has 1 aromatic heterocycles. The molecule has 0 saturated heterocycles. The van der Waals surface area contributed by atoms with Crippen molar-refractivity contribution in [2.75, 3.05) is 12.3 Å². The number of hydrogen-bond donors (Lipinski definition) is 2. The summed E-state index contributed by atoms with van der Waals surface area (Å²) in [6.45, 7) is 2.58. The first-order valence-electron chi connectivity index (χ1n) is 6.81. The maximum atomic E-state index is 11.8. The van der Waals surface area contributed by atoms with Crippen LogP contribution in [0, 0.1) is 0 Å². The first kappa shape index (κ1) is 14.8. The van der Waals surface area contributed by atoms with Crippen LogP contribution in [0.4, 0.5) is 5.82 Å². The lowest BCUT2D eigenvalue weighted by Gasteiger charge is -2.05. The molecule has 1 heterocycles. The molecular formula is C15H18N4O2. The second kappa shape index (κ2) is 6.69. The van der Waals surface area contributed by atoms with Crippen LogP contribution in [0.5, 0.6) is 0 Å². The monoisotopic (exact) mass is 286 g/mol. The van der Waals surface area contributed by atoms with Gasteiger partial charge in [0.1, 0.15) is 18.1 Å². The minimum Gasteiger partial charge on any atom is -0.383 e. The quantitative estimate of drug-likeness (QED) is 0.787.